The first-order chi connectivity index (χ1) is 11.2. The summed E-state index contributed by atoms with van der Waals surface area (Å²) in [7, 11) is 0. The second-order valence-electron chi connectivity index (χ2n) is 6.88. The van der Waals surface area contributed by atoms with E-state index in [9.17, 15) is 24.6 Å². The van der Waals surface area contributed by atoms with E-state index in [-0.39, 0.29) is 24.2 Å². The Morgan fingerprint density at radius 3 is 2.29 bits per heavy atom. The van der Waals surface area contributed by atoms with Gasteiger partial charge in [-0.15, -0.1) is 0 Å². The van der Waals surface area contributed by atoms with E-state index in [0.717, 1.165) is 18.5 Å². The normalized spacial score (nSPS) is 17.0. The van der Waals surface area contributed by atoms with Crippen LogP contribution in [0.1, 0.15) is 44.8 Å². The largest absolute Gasteiger partial charge is 0.480 e. The lowest BCUT2D eigenvalue weighted by Crippen LogP contribution is -2.50. The number of hydrogen-bond donors (Lipinski definition) is 3. The molecule has 2 atom stereocenters. The van der Waals surface area contributed by atoms with Crippen LogP contribution in [0.3, 0.4) is 0 Å². The van der Waals surface area contributed by atoms with E-state index in [1.807, 2.05) is 20.8 Å². The zero-order chi connectivity index (χ0) is 18.0. The summed E-state index contributed by atoms with van der Waals surface area (Å²) in [4.78, 5) is 35.3. The Bertz CT molecular complexity index is 672. The second kappa shape index (κ2) is 7.21. The summed E-state index contributed by atoms with van der Waals surface area (Å²) in [5, 5.41) is 21.4. The minimum atomic E-state index is -1.17. The number of hydrogen-bond acceptors (Lipinski definition) is 4. The molecule has 0 radical (unpaired) electrons. The predicted octanol–water partition coefficient (Wildman–Crippen LogP) is 0.835. The van der Waals surface area contributed by atoms with Gasteiger partial charge in [0.25, 0.3) is 0 Å². The van der Waals surface area contributed by atoms with Gasteiger partial charge in [-0.2, -0.15) is 0 Å². The van der Waals surface area contributed by atoms with Crippen molar-refractivity contribution in [3.05, 3.63) is 22.4 Å². The average Bonchev–Trinajstić information content (AvgIpc) is 3.24. The smallest absolute Gasteiger partial charge is 0.328 e. The molecule has 0 bridgehead atoms. The highest BCUT2D eigenvalue weighted by atomic mass is 16.4. The van der Waals surface area contributed by atoms with Crippen LogP contribution in [0.4, 0.5) is 0 Å². The van der Waals surface area contributed by atoms with E-state index < -0.39 is 24.0 Å². The highest BCUT2D eigenvalue weighted by molar-refractivity contribution is 5.77. The van der Waals surface area contributed by atoms with Gasteiger partial charge in [-0.25, -0.2) is 4.79 Å². The van der Waals surface area contributed by atoms with Crippen molar-refractivity contribution >= 4 is 11.9 Å². The van der Waals surface area contributed by atoms with Crippen LogP contribution in [-0.2, 0) is 16.1 Å². The van der Waals surface area contributed by atoms with Crippen LogP contribution < -0.4 is 11.0 Å². The maximum Gasteiger partial charge on any atom is 0.328 e. The highest BCUT2D eigenvalue weighted by Gasteiger charge is 2.30. The van der Waals surface area contributed by atoms with Crippen molar-refractivity contribution in [1.29, 1.82) is 0 Å². The molecule has 0 saturated heterocycles. The monoisotopic (exact) mass is 339 g/mol. The van der Waals surface area contributed by atoms with Gasteiger partial charge in [0.15, 0.2) is 0 Å². The molecule has 24 heavy (non-hydrogen) atoms. The Morgan fingerprint density at radius 2 is 1.83 bits per heavy atom. The Balaban J connectivity index is 2.17. The van der Waals surface area contributed by atoms with Crippen LogP contribution in [-0.4, -0.2) is 43.4 Å². The van der Waals surface area contributed by atoms with Crippen molar-refractivity contribution in [2.45, 2.75) is 64.7 Å². The molecule has 1 aliphatic carbocycles. The van der Waals surface area contributed by atoms with Crippen LogP contribution in [0.25, 0.3) is 0 Å². The second-order valence-corrected chi connectivity index (χ2v) is 6.88. The zero-order valence-electron chi connectivity index (χ0n) is 14.2. The molecule has 2 unspecified atom stereocenters. The molecule has 0 aliphatic heterocycles. The predicted molar refractivity (Wildman–Crippen MR) is 87.1 cm³/mol. The Kier molecular flexibility index (Phi) is 5.48. The Labute approximate surface area is 140 Å². The van der Waals surface area contributed by atoms with Crippen LogP contribution in [0.15, 0.2) is 11.0 Å². The topological polar surface area (TPSA) is 114 Å². The van der Waals surface area contributed by atoms with Crippen LogP contribution in [0.2, 0.25) is 0 Å². The Hall–Kier alpha value is -2.09. The fourth-order valence-corrected chi connectivity index (χ4v) is 2.89. The maximum atomic E-state index is 12.4. The van der Waals surface area contributed by atoms with Crippen molar-refractivity contribution in [2.75, 3.05) is 0 Å². The summed E-state index contributed by atoms with van der Waals surface area (Å²) in [6, 6.07) is -1.90. The fraction of sp³-hybridized carbons (Fsp3) is 0.688. The van der Waals surface area contributed by atoms with Crippen molar-refractivity contribution in [3.8, 4) is 0 Å². The molecule has 0 aromatic carbocycles. The van der Waals surface area contributed by atoms with Crippen LogP contribution in [0.5, 0.6) is 0 Å². The van der Waals surface area contributed by atoms with Gasteiger partial charge in [-0.3, -0.25) is 24.0 Å². The first-order valence-electron chi connectivity index (χ1n) is 8.20. The molecule has 1 heterocycles. The number of imidazole rings is 1. The van der Waals surface area contributed by atoms with Gasteiger partial charge in [0.1, 0.15) is 12.1 Å². The van der Waals surface area contributed by atoms with E-state index in [1.165, 1.54) is 4.57 Å². The van der Waals surface area contributed by atoms with E-state index in [4.69, 9.17) is 0 Å². The quantitative estimate of drug-likeness (QED) is 0.614. The molecule has 8 heteroatoms. The van der Waals surface area contributed by atoms with Crippen molar-refractivity contribution in [1.82, 2.24) is 14.5 Å². The lowest BCUT2D eigenvalue weighted by atomic mass is 10.0. The highest BCUT2D eigenvalue weighted by Crippen LogP contribution is 2.34. The van der Waals surface area contributed by atoms with Crippen LogP contribution >= 0.6 is 0 Å². The summed E-state index contributed by atoms with van der Waals surface area (Å²) in [6.45, 7) is 5.46. The first kappa shape index (κ1) is 18.3. The molecular weight excluding hydrogens is 314 g/mol. The molecule has 1 aromatic rings. The summed E-state index contributed by atoms with van der Waals surface area (Å²) in [5.74, 6) is -2.16. The lowest BCUT2D eigenvalue weighted by Gasteiger charge is -2.21. The van der Waals surface area contributed by atoms with E-state index >= 15 is 0 Å². The average molecular weight is 339 g/mol. The molecular formula is C16H25N3O5. The lowest BCUT2D eigenvalue weighted by molar-refractivity contribution is -0.143. The third kappa shape index (κ3) is 4.25. The number of carboxylic acids is 2. The molecule has 1 fully saturated rings. The SMILES string of the molecule is Cc1cn(CC(NC(CC(C)C)C(=O)O)C(=O)O)c(=O)n1C1CC1. The molecule has 8 nitrogen and oxygen atoms in total. The fourth-order valence-electron chi connectivity index (χ4n) is 2.89. The van der Waals surface area contributed by atoms with Gasteiger partial charge < -0.3 is 10.2 Å². The number of aromatic nitrogens is 2. The standard InChI is InChI=1S/C16H25N3O5/c1-9(2)6-12(14(20)21)17-13(15(22)23)8-18-7-10(3)19(16(18)24)11-4-5-11/h7,9,11-13,17H,4-6,8H2,1-3H3,(H,20,21)(H,22,23). The number of aryl methyl sites for hydroxylation is 1. The Morgan fingerprint density at radius 1 is 1.25 bits per heavy atom. The van der Waals surface area contributed by atoms with Crippen molar-refractivity contribution < 1.29 is 19.8 Å². The number of carbonyl (C=O) groups is 2. The first-order valence-corrected chi connectivity index (χ1v) is 8.20. The van der Waals surface area contributed by atoms with E-state index in [0.29, 0.717) is 6.42 Å². The number of nitrogens with zero attached hydrogens (tertiary/aromatic N) is 2. The summed E-state index contributed by atoms with van der Waals surface area (Å²) < 4.78 is 3.04. The summed E-state index contributed by atoms with van der Waals surface area (Å²) in [6.07, 6.45) is 3.87. The van der Waals surface area contributed by atoms with Crippen molar-refractivity contribution in [2.24, 2.45) is 5.92 Å². The molecule has 0 amide bonds. The third-order valence-corrected chi connectivity index (χ3v) is 4.17. The van der Waals surface area contributed by atoms with Crippen LogP contribution in [0, 0.1) is 12.8 Å². The van der Waals surface area contributed by atoms with E-state index in [1.54, 1.807) is 10.8 Å². The van der Waals surface area contributed by atoms with Gasteiger partial charge in [0, 0.05) is 17.9 Å². The number of carboxylic acid groups (broad SMARTS) is 2. The number of aliphatic carboxylic acids is 2. The molecule has 3 N–H and O–H groups in total. The minimum absolute atomic E-state index is 0.101. The molecule has 1 aromatic heterocycles. The van der Waals surface area contributed by atoms with Gasteiger partial charge in [-0.05, 0) is 32.1 Å². The van der Waals surface area contributed by atoms with Gasteiger partial charge in [0.2, 0.25) is 0 Å². The minimum Gasteiger partial charge on any atom is -0.480 e. The van der Waals surface area contributed by atoms with Crippen molar-refractivity contribution in [3.63, 3.8) is 0 Å². The molecule has 0 spiro atoms. The zero-order valence-corrected chi connectivity index (χ0v) is 14.2. The van der Waals surface area contributed by atoms with E-state index in [2.05, 4.69) is 5.32 Å². The van der Waals surface area contributed by atoms with Gasteiger partial charge in [-0.1, -0.05) is 13.8 Å². The summed E-state index contributed by atoms with van der Waals surface area (Å²) >= 11 is 0. The third-order valence-electron chi connectivity index (χ3n) is 4.17. The molecule has 134 valence electrons. The molecule has 2 rings (SSSR count). The summed E-state index contributed by atoms with van der Waals surface area (Å²) in [5.41, 5.74) is 0.558. The molecule has 1 saturated carbocycles. The number of nitrogens with one attached hydrogen (secondary N) is 1. The van der Waals surface area contributed by atoms with Gasteiger partial charge >= 0.3 is 17.6 Å². The number of rotatable bonds is 9. The molecule has 1 aliphatic rings. The van der Waals surface area contributed by atoms with Gasteiger partial charge in [0.05, 0.1) is 6.54 Å². The maximum absolute atomic E-state index is 12.4.